The van der Waals surface area contributed by atoms with Gasteiger partial charge in [-0.05, 0) is 162 Å². The molecule has 0 aliphatic carbocycles. The molecule has 0 amide bonds. The molecule has 0 N–H and O–H groups in total. The van der Waals surface area contributed by atoms with Crippen LogP contribution in [0, 0.1) is 0 Å². The Bertz CT molecular complexity index is 3250. The van der Waals surface area contributed by atoms with Crippen molar-refractivity contribution in [3.63, 3.8) is 0 Å². The highest BCUT2D eigenvalue weighted by molar-refractivity contribution is 6.29. The Balaban J connectivity index is 0.840. The van der Waals surface area contributed by atoms with Crippen LogP contribution in [0.25, 0.3) is 76.8 Å². The normalized spacial score (nSPS) is 11.3. The molecule has 310 valence electrons. The molecule has 0 atom stereocenters. The lowest BCUT2D eigenvalue weighted by Gasteiger charge is -2.25. The number of hydrogen-bond donors (Lipinski definition) is 0. The van der Waals surface area contributed by atoms with Gasteiger partial charge in [0.25, 0.3) is 0 Å². The molecular weight excluding hydrogens is 797 g/mol. The number of rotatable bonds is 10. The predicted molar refractivity (Wildman–Crippen MR) is 281 cm³/mol. The number of hydrogen-bond acceptors (Lipinski definition) is 2. The fourth-order valence-corrected chi connectivity index (χ4v) is 9.83. The van der Waals surface area contributed by atoms with Gasteiger partial charge in [-0.25, -0.2) is 0 Å². The lowest BCUT2D eigenvalue weighted by Crippen LogP contribution is -2.09. The highest BCUT2D eigenvalue weighted by atomic mass is 15.1. The fourth-order valence-electron chi connectivity index (χ4n) is 9.83. The van der Waals surface area contributed by atoms with Crippen LogP contribution in [0.5, 0.6) is 0 Å². The van der Waals surface area contributed by atoms with Crippen molar-refractivity contribution in [2.45, 2.75) is 0 Å². The molecule has 2 nitrogen and oxygen atoms in total. The Hall–Kier alpha value is -8.72. The van der Waals surface area contributed by atoms with Gasteiger partial charge in [0, 0.05) is 34.1 Å². The number of nitrogens with zero attached hydrogens (tertiary/aromatic N) is 2. The monoisotopic (exact) mass is 840 g/mol. The molecule has 12 aromatic carbocycles. The summed E-state index contributed by atoms with van der Waals surface area (Å²) in [5.41, 5.74) is 16.5. The van der Waals surface area contributed by atoms with Crippen molar-refractivity contribution in [2.24, 2.45) is 0 Å². The van der Waals surface area contributed by atoms with Crippen LogP contribution in [0.1, 0.15) is 0 Å². The van der Waals surface area contributed by atoms with Crippen LogP contribution in [0.4, 0.5) is 34.1 Å². The van der Waals surface area contributed by atoms with Crippen LogP contribution >= 0.6 is 0 Å². The molecule has 12 rings (SSSR count). The van der Waals surface area contributed by atoms with Crippen molar-refractivity contribution >= 4 is 66.4 Å². The molecule has 0 spiro atoms. The summed E-state index contributed by atoms with van der Waals surface area (Å²) in [4.78, 5) is 4.60. The van der Waals surface area contributed by atoms with Gasteiger partial charge in [0.1, 0.15) is 0 Å². The van der Waals surface area contributed by atoms with Gasteiger partial charge in [-0.15, -0.1) is 0 Å². The first-order chi connectivity index (χ1) is 32.7. The molecule has 0 saturated heterocycles. The highest BCUT2D eigenvalue weighted by Gasteiger charge is 2.18. The van der Waals surface area contributed by atoms with Crippen molar-refractivity contribution in [1.29, 1.82) is 0 Å². The van der Waals surface area contributed by atoms with E-state index in [9.17, 15) is 0 Å². The van der Waals surface area contributed by atoms with Gasteiger partial charge in [-0.3, -0.25) is 0 Å². The Kier molecular flexibility index (Phi) is 9.89. The lowest BCUT2D eigenvalue weighted by molar-refractivity contribution is 1.28. The van der Waals surface area contributed by atoms with Crippen molar-refractivity contribution < 1.29 is 0 Å². The third-order valence-corrected chi connectivity index (χ3v) is 13.0. The molecule has 12 aromatic rings. The minimum atomic E-state index is 1.12. The van der Waals surface area contributed by atoms with Crippen molar-refractivity contribution in [3.05, 3.63) is 267 Å². The zero-order valence-electron chi connectivity index (χ0n) is 36.3. The second-order valence-corrected chi connectivity index (χ2v) is 16.9. The topological polar surface area (TPSA) is 6.48 Å². The molecule has 0 heterocycles. The molecule has 2 heteroatoms. The molecule has 0 unspecified atom stereocenters. The van der Waals surface area contributed by atoms with Gasteiger partial charge in [0.05, 0.1) is 0 Å². The minimum absolute atomic E-state index is 1.12. The van der Waals surface area contributed by atoms with E-state index in [0.29, 0.717) is 0 Å². The van der Waals surface area contributed by atoms with Crippen LogP contribution in [0.3, 0.4) is 0 Å². The van der Waals surface area contributed by atoms with Gasteiger partial charge in [0.15, 0.2) is 0 Å². The third-order valence-electron chi connectivity index (χ3n) is 13.0. The van der Waals surface area contributed by atoms with E-state index in [0.717, 1.165) is 34.1 Å². The van der Waals surface area contributed by atoms with Gasteiger partial charge in [0.2, 0.25) is 0 Å². The average Bonchev–Trinajstić information content (AvgIpc) is 3.40. The van der Waals surface area contributed by atoms with E-state index in [1.807, 2.05) is 0 Å². The van der Waals surface area contributed by atoms with Gasteiger partial charge in [-0.1, -0.05) is 182 Å². The van der Waals surface area contributed by atoms with E-state index in [2.05, 4.69) is 277 Å². The summed E-state index contributed by atoms with van der Waals surface area (Å²) < 4.78 is 0. The van der Waals surface area contributed by atoms with E-state index in [1.54, 1.807) is 0 Å². The standard InChI is InChI=1S/C64H44N2/c1-5-17-53(18-6-1)65(54-19-7-2-8-20-54)57-39-35-47(36-40-57)45-27-31-49(32-28-45)61-43-51-15-14-26-60-62(44-52-16-13-25-59(61)63(52)64(51)60)50-33-29-46(30-34-50)48-37-41-58(42-38-48)66(55-21-9-3-10-22-55)56-23-11-4-12-24-56/h1-44H. The van der Waals surface area contributed by atoms with Crippen LogP contribution in [0.15, 0.2) is 267 Å². The summed E-state index contributed by atoms with van der Waals surface area (Å²) >= 11 is 0. The Morgan fingerprint density at radius 3 is 0.758 bits per heavy atom. The Labute approximate surface area is 385 Å². The predicted octanol–water partition coefficient (Wildman–Crippen LogP) is 18.2. The number of para-hydroxylation sites is 4. The quantitative estimate of drug-likeness (QED) is 0.127. The summed E-state index contributed by atoms with van der Waals surface area (Å²) in [6.45, 7) is 0. The molecule has 66 heavy (non-hydrogen) atoms. The Morgan fingerprint density at radius 1 is 0.197 bits per heavy atom. The van der Waals surface area contributed by atoms with Crippen LogP contribution in [-0.2, 0) is 0 Å². The molecular formula is C64H44N2. The van der Waals surface area contributed by atoms with E-state index in [1.165, 1.54) is 76.8 Å². The van der Waals surface area contributed by atoms with E-state index < -0.39 is 0 Å². The maximum atomic E-state index is 2.39. The number of benzene rings is 12. The number of anilines is 6. The molecule has 0 aliphatic heterocycles. The first-order valence-electron chi connectivity index (χ1n) is 22.7. The lowest BCUT2D eigenvalue weighted by atomic mass is 9.85. The SMILES string of the molecule is c1ccc(N(c2ccccc2)c2ccc(-c3ccc(-c4cc5cccc6c(-c7ccc(-c8ccc(N(c9ccccc9)c9ccccc9)cc8)cc7)cc7cccc4c7c56)cc3)cc2)cc1. The second kappa shape index (κ2) is 16.8. The summed E-state index contributed by atoms with van der Waals surface area (Å²) in [6, 6.07) is 96.6. The first-order valence-corrected chi connectivity index (χ1v) is 22.7. The molecule has 0 bridgehead atoms. The van der Waals surface area contributed by atoms with Gasteiger partial charge >= 0.3 is 0 Å². The molecule has 0 aliphatic rings. The van der Waals surface area contributed by atoms with E-state index in [-0.39, 0.29) is 0 Å². The van der Waals surface area contributed by atoms with Crippen molar-refractivity contribution in [2.75, 3.05) is 9.80 Å². The largest absolute Gasteiger partial charge is 0.311 e. The van der Waals surface area contributed by atoms with Crippen LogP contribution in [0.2, 0.25) is 0 Å². The van der Waals surface area contributed by atoms with Gasteiger partial charge in [-0.2, -0.15) is 0 Å². The highest BCUT2D eigenvalue weighted by Crippen LogP contribution is 2.45. The van der Waals surface area contributed by atoms with Crippen LogP contribution in [-0.4, -0.2) is 0 Å². The van der Waals surface area contributed by atoms with Gasteiger partial charge < -0.3 is 9.80 Å². The summed E-state index contributed by atoms with van der Waals surface area (Å²) in [5.74, 6) is 0. The first kappa shape index (κ1) is 38.9. The zero-order chi connectivity index (χ0) is 43.8. The molecule has 0 fully saturated rings. The third kappa shape index (κ3) is 7.12. The van der Waals surface area contributed by atoms with Crippen molar-refractivity contribution in [1.82, 2.24) is 0 Å². The summed E-state index contributed by atoms with van der Waals surface area (Å²) in [7, 11) is 0. The average molecular weight is 841 g/mol. The zero-order valence-corrected chi connectivity index (χ0v) is 36.3. The minimum Gasteiger partial charge on any atom is -0.311 e. The summed E-state index contributed by atoms with van der Waals surface area (Å²) in [6.07, 6.45) is 0. The second-order valence-electron chi connectivity index (χ2n) is 16.9. The molecule has 0 radical (unpaired) electrons. The molecule has 0 aromatic heterocycles. The maximum absolute atomic E-state index is 2.39. The summed E-state index contributed by atoms with van der Waals surface area (Å²) in [5, 5.41) is 7.71. The van der Waals surface area contributed by atoms with Crippen LogP contribution < -0.4 is 9.80 Å². The smallest absolute Gasteiger partial charge is 0.0462 e. The Morgan fingerprint density at radius 2 is 0.455 bits per heavy atom. The van der Waals surface area contributed by atoms with Crippen molar-refractivity contribution in [3.8, 4) is 44.5 Å². The molecule has 0 saturated carbocycles. The fraction of sp³-hybridized carbons (Fsp3) is 0. The van der Waals surface area contributed by atoms with E-state index >= 15 is 0 Å². The van der Waals surface area contributed by atoms with E-state index in [4.69, 9.17) is 0 Å². The maximum Gasteiger partial charge on any atom is 0.0462 e.